The Morgan fingerprint density at radius 3 is 2.62 bits per heavy atom. The minimum absolute atomic E-state index is 0.611. The molecule has 2 nitrogen and oxygen atoms in total. The molecule has 1 aromatic carbocycles. The molecule has 1 saturated carbocycles. The number of nitrogens with zero attached hydrogens (tertiary/aromatic N) is 2. The number of hydrogen-bond acceptors (Lipinski definition) is 2. The summed E-state index contributed by atoms with van der Waals surface area (Å²) in [6.45, 7) is 2.28. The Bertz CT molecular complexity index is 463. The summed E-state index contributed by atoms with van der Waals surface area (Å²) in [5, 5.41) is 9.12. The minimum atomic E-state index is 0.611. The van der Waals surface area contributed by atoms with Crippen LogP contribution in [0.25, 0.3) is 0 Å². The molecule has 1 saturated heterocycles. The van der Waals surface area contributed by atoms with Gasteiger partial charge in [-0.25, -0.2) is 0 Å². The van der Waals surface area contributed by atoms with Gasteiger partial charge in [0, 0.05) is 23.0 Å². The number of benzene rings is 1. The molecule has 1 aliphatic carbocycles. The van der Waals surface area contributed by atoms with Gasteiger partial charge in [-0.2, -0.15) is 5.26 Å². The first kappa shape index (κ1) is 10.2. The van der Waals surface area contributed by atoms with Crippen molar-refractivity contribution in [1.29, 1.82) is 5.26 Å². The zero-order valence-corrected chi connectivity index (χ0v) is 10.6. The lowest BCUT2D eigenvalue weighted by atomic mass is 9.63. The van der Waals surface area contributed by atoms with Crippen LogP contribution in [0.15, 0.2) is 22.7 Å². The Morgan fingerprint density at radius 2 is 2.06 bits per heavy atom. The second-order valence-electron chi connectivity index (χ2n) is 4.98. The van der Waals surface area contributed by atoms with Crippen molar-refractivity contribution in [2.24, 2.45) is 5.41 Å². The van der Waals surface area contributed by atoms with Crippen LogP contribution in [0.4, 0.5) is 5.69 Å². The van der Waals surface area contributed by atoms with E-state index in [2.05, 4.69) is 26.9 Å². The van der Waals surface area contributed by atoms with Crippen LogP contribution < -0.4 is 4.90 Å². The van der Waals surface area contributed by atoms with Gasteiger partial charge in [-0.05, 0) is 31.0 Å². The van der Waals surface area contributed by atoms with Crippen LogP contribution >= 0.6 is 15.9 Å². The fourth-order valence-corrected chi connectivity index (χ4v) is 3.16. The van der Waals surface area contributed by atoms with Gasteiger partial charge in [0.05, 0.1) is 11.3 Å². The normalized spacial score (nSPS) is 21.1. The number of nitriles is 1. The van der Waals surface area contributed by atoms with Gasteiger partial charge >= 0.3 is 0 Å². The van der Waals surface area contributed by atoms with E-state index >= 15 is 0 Å². The van der Waals surface area contributed by atoms with Gasteiger partial charge in [0.15, 0.2) is 0 Å². The highest BCUT2D eigenvalue weighted by Gasteiger charge is 2.47. The van der Waals surface area contributed by atoms with Crippen molar-refractivity contribution in [2.45, 2.75) is 19.3 Å². The van der Waals surface area contributed by atoms with Gasteiger partial charge in [-0.3, -0.25) is 0 Å². The van der Waals surface area contributed by atoms with E-state index in [0.717, 1.165) is 28.8 Å². The molecule has 1 spiro atoms. The summed E-state index contributed by atoms with van der Waals surface area (Å²) >= 11 is 3.40. The maximum Gasteiger partial charge on any atom is 0.101 e. The van der Waals surface area contributed by atoms with Crippen LogP contribution in [-0.4, -0.2) is 13.1 Å². The first-order valence-corrected chi connectivity index (χ1v) is 6.46. The summed E-state index contributed by atoms with van der Waals surface area (Å²) in [5.74, 6) is 0. The van der Waals surface area contributed by atoms with Crippen LogP contribution in [0.2, 0.25) is 0 Å². The van der Waals surface area contributed by atoms with Crippen LogP contribution in [0.5, 0.6) is 0 Å². The summed E-state index contributed by atoms with van der Waals surface area (Å²) in [4.78, 5) is 2.34. The first-order valence-electron chi connectivity index (χ1n) is 5.67. The van der Waals surface area contributed by atoms with E-state index in [4.69, 9.17) is 5.26 Å². The molecule has 0 atom stereocenters. The van der Waals surface area contributed by atoms with E-state index in [1.54, 1.807) is 0 Å². The number of halogens is 1. The fraction of sp³-hybridized carbons (Fsp3) is 0.462. The molecule has 1 aromatic rings. The smallest absolute Gasteiger partial charge is 0.101 e. The molecular formula is C13H13BrN2. The summed E-state index contributed by atoms with van der Waals surface area (Å²) in [6, 6.07) is 8.25. The number of anilines is 1. The molecule has 0 amide bonds. The molecule has 1 heterocycles. The molecule has 2 fully saturated rings. The molecule has 0 N–H and O–H groups in total. The predicted molar refractivity (Wildman–Crippen MR) is 67.4 cm³/mol. The van der Waals surface area contributed by atoms with Crippen molar-refractivity contribution in [3.8, 4) is 6.07 Å². The monoisotopic (exact) mass is 276 g/mol. The third-order valence-electron chi connectivity index (χ3n) is 3.89. The van der Waals surface area contributed by atoms with Gasteiger partial charge in [0.1, 0.15) is 6.07 Å². The third kappa shape index (κ3) is 1.44. The van der Waals surface area contributed by atoms with E-state index in [0.29, 0.717) is 5.41 Å². The van der Waals surface area contributed by atoms with Crippen molar-refractivity contribution < 1.29 is 0 Å². The van der Waals surface area contributed by atoms with Gasteiger partial charge in [0.2, 0.25) is 0 Å². The van der Waals surface area contributed by atoms with E-state index < -0.39 is 0 Å². The average Bonchev–Trinajstić information content (AvgIpc) is 2.15. The standard InChI is InChI=1S/C13H13BrN2/c14-11-2-3-12(10(6-11)7-15)16-8-13(9-16)4-1-5-13/h2-3,6H,1,4-5,8-9H2. The molecule has 16 heavy (non-hydrogen) atoms. The molecule has 0 unspecified atom stereocenters. The third-order valence-corrected chi connectivity index (χ3v) is 4.38. The second-order valence-corrected chi connectivity index (χ2v) is 5.90. The van der Waals surface area contributed by atoms with Crippen LogP contribution in [0, 0.1) is 16.7 Å². The number of hydrogen-bond donors (Lipinski definition) is 0. The molecule has 82 valence electrons. The Balaban J connectivity index is 1.83. The highest BCUT2D eigenvalue weighted by molar-refractivity contribution is 9.10. The van der Waals surface area contributed by atoms with Crippen molar-refractivity contribution >= 4 is 21.6 Å². The lowest BCUT2D eigenvalue weighted by Gasteiger charge is -2.57. The summed E-state index contributed by atoms with van der Waals surface area (Å²) in [5.41, 5.74) is 2.49. The van der Waals surface area contributed by atoms with Crippen molar-refractivity contribution in [3.63, 3.8) is 0 Å². The molecular weight excluding hydrogens is 264 g/mol. The Morgan fingerprint density at radius 1 is 1.31 bits per heavy atom. The zero-order chi connectivity index (χ0) is 11.2. The van der Waals surface area contributed by atoms with Crippen LogP contribution in [0.3, 0.4) is 0 Å². The predicted octanol–water partition coefficient (Wildman–Crippen LogP) is 3.31. The lowest BCUT2D eigenvalue weighted by molar-refractivity contribution is 0.0904. The topological polar surface area (TPSA) is 27.0 Å². The van der Waals surface area contributed by atoms with Crippen molar-refractivity contribution in [1.82, 2.24) is 0 Å². The molecule has 3 rings (SSSR count). The van der Waals surface area contributed by atoms with E-state index in [-0.39, 0.29) is 0 Å². The summed E-state index contributed by atoms with van der Waals surface area (Å²) in [7, 11) is 0. The molecule has 0 bridgehead atoms. The SMILES string of the molecule is N#Cc1cc(Br)ccc1N1CC2(CCC2)C1. The highest BCUT2D eigenvalue weighted by Crippen LogP contribution is 2.49. The summed E-state index contributed by atoms with van der Waals surface area (Å²) < 4.78 is 0.978. The van der Waals surface area contributed by atoms with E-state index in [9.17, 15) is 0 Å². The maximum absolute atomic E-state index is 9.12. The van der Waals surface area contributed by atoms with Gasteiger partial charge in [-0.15, -0.1) is 0 Å². The second kappa shape index (κ2) is 3.49. The minimum Gasteiger partial charge on any atom is -0.369 e. The quantitative estimate of drug-likeness (QED) is 0.787. The largest absolute Gasteiger partial charge is 0.369 e. The van der Waals surface area contributed by atoms with E-state index in [1.165, 1.54) is 19.3 Å². The molecule has 2 aliphatic rings. The average molecular weight is 277 g/mol. The van der Waals surface area contributed by atoms with Crippen molar-refractivity contribution in [2.75, 3.05) is 18.0 Å². The Kier molecular flexibility index (Phi) is 2.22. The molecule has 3 heteroatoms. The van der Waals surface area contributed by atoms with Gasteiger partial charge in [-0.1, -0.05) is 22.4 Å². The van der Waals surface area contributed by atoms with Crippen molar-refractivity contribution in [3.05, 3.63) is 28.2 Å². The van der Waals surface area contributed by atoms with Gasteiger partial charge < -0.3 is 4.90 Å². The maximum atomic E-state index is 9.12. The van der Waals surface area contributed by atoms with Crippen LogP contribution in [-0.2, 0) is 0 Å². The summed E-state index contributed by atoms with van der Waals surface area (Å²) in [6.07, 6.45) is 4.14. The molecule has 1 aliphatic heterocycles. The lowest BCUT2D eigenvalue weighted by Crippen LogP contribution is -2.60. The zero-order valence-electron chi connectivity index (χ0n) is 9.04. The fourth-order valence-electron chi connectivity index (χ4n) is 2.80. The molecule has 0 aromatic heterocycles. The Labute approximate surface area is 104 Å². The van der Waals surface area contributed by atoms with Crippen LogP contribution in [0.1, 0.15) is 24.8 Å². The van der Waals surface area contributed by atoms with Gasteiger partial charge in [0.25, 0.3) is 0 Å². The first-order chi connectivity index (χ1) is 7.72. The number of rotatable bonds is 1. The highest BCUT2D eigenvalue weighted by atomic mass is 79.9. The Hall–Kier alpha value is -1.01. The molecule has 0 radical (unpaired) electrons. The van der Waals surface area contributed by atoms with E-state index in [1.807, 2.05) is 18.2 Å².